The summed E-state index contributed by atoms with van der Waals surface area (Å²) in [5.74, 6) is -1.24. The molecule has 1 aromatic heterocycles. The number of benzene rings is 1. The Labute approximate surface area is 159 Å². The molecule has 0 fully saturated rings. The minimum atomic E-state index is -1.50. The Bertz CT molecular complexity index is 803. The molecule has 0 amide bonds. The lowest BCUT2D eigenvalue weighted by Crippen LogP contribution is -2.43. The molecule has 0 unspecified atom stereocenters. The second-order valence-electron chi connectivity index (χ2n) is 6.37. The van der Waals surface area contributed by atoms with Crippen LogP contribution in [0.4, 0.5) is 0 Å². The van der Waals surface area contributed by atoms with Gasteiger partial charge in [-0.25, -0.2) is 0 Å². The van der Waals surface area contributed by atoms with Crippen LogP contribution in [0.2, 0.25) is 0 Å². The molecule has 6 nitrogen and oxygen atoms in total. The van der Waals surface area contributed by atoms with Gasteiger partial charge in [0.05, 0.1) is 19.8 Å². The number of aromatic nitrogens is 1. The van der Waals surface area contributed by atoms with Crippen LogP contribution in [0.5, 0.6) is 0 Å². The van der Waals surface area contributed by atoms with E-state index in [0.717, 1.165) is 22.0 Å². The van der Waals surface area contributed by atoms with Gasteiger partial charge in [0, 0.05) is 23.5 Å². The molecule has 27 heavy (non-hydrogen) atoms. The van der Waals surface area contributed by atoms with E-state index in [1.807, 2.05) is 31.3 Å². The number of nitrogens with one attached hydrogen (secondary N) is 1. The van der Waals surface area contributed by atoms with Crippen molar-refractivity contribution < 1.29 is 24.2 Å². The number of ether oxygens (including phenoxy) is 2. The molecule has 0 saturated carbocycles. The van der Waals surface area contributed by atoms with Crippen LogP contribution < -0.4 is 0 Å². The van der Waals surface area contributed by atoms with Crippen molar-refractivity contribution in [3.63, 3.8) is 0 Å². The number of fused-ring (bicyclic) bond motifs is 1. The number of aliphatic hydroxyl groups excluding tert-OH is 1. The highest BCUT2D eigenvalue weighted by Gasteiger charge is 2.48. The lowest BCUT2D eigenvalue weighted by molar-refractivity contribution is -0.171. The number of allylic oxidation sites excluding steroid dienone is 1. The van der Waals surface area contributed by atoms with E-state index in [4.69, 9.17) is 14.6 Å². The van der Waals surface area contributed by atoms with E-state index in [9.17, 15) is 9.59 Å². The van der Waals surface area contributed by atoms with E-state index in [0.29, 0.717) is 0 Å². The van der Waals surface area contributed by atoms with Crippen molar-refractivity contribution in [1.29, 1.82) is 0 Å². The van der Waals surface area contributed by atoms with E-state index in [2.05, 4.69) is 4.98 Å². The van der Waals surface area contributed by atoms with Crippen molar-refractivity contribution in [2.24, 2.45) is 5.41 Å². The fourth-order valence-electron chi connectivity index (χ4n) is 3.20. The van der Waals surface area contributed by atoms with Crippen molar-refractivity contribution in [1.82, 2.24) is 4.98 Å². The number of aromatic amines is 1. The smallest absolute Gasteiger partial charge is 0.324 e. The third-order valence-corrected chi connectivity index (χ3v) is 4.57. The molecule has 1 heterocycles. The van der Waals surface area contributed by atoms with Crippen LogP contribution >= 0.6 is 0 Å². The first kappa shape index (κ1) is 20.7. The summed E-state index contributed by atoms with van der Waals surface area (Å²) in [6.07, 6.45) is 5.18. The summed E-state index contributed by atoms with van der Waals surface area (Å²) in [5.41, 5.74) is 1.39. The van der Waals surface area contributed by atoms with Gasteiger partial charge < -0.3 is 19.6 Å². The van der Waals surface area contributed by atoms with E-state index < -0.39 is 17.4 Å². The second-order valence-corrected chi connectivity index (χ2v) is 6.37. The summed E-state index contributed by atoms with van der Waals surface area (Å²) in [4.78, 5) is 29.0. The summed E-state index contributed by atoms with van der Waals surface area (Å²) in [7, 11) is 0. The Kier molecular flexibility index (Phi) is 7.19. The molecule has 0 bridgehead atoms. The van der Waals surface area contributed by atoms with Gasteiger partial charge in [0.2, 0.25) is 0 Å². The van der Waals surface area contributed by atoms with Crippen molar-refractivity contribution in [3.8, 4) is 0 Å². The molecule has 2 aromatic rings. The van der Waals surface area contributed by atoms with Gasteiger partial charge in [-0.15, -0.1) is 0 Å². The first-order valence-electron chi connectivity index (χ1n) is 9.16. The van der Waals surface area contributed by atoms with Gasteiger partial charge in [-0.2, -0.15) is 0 Å². The summed E-state index contributed by atoms with van der Waals surface area (Å²) < 4.78 is 10.5. The summed E-state index contributed by atoms with van der Waals surface area (Å²) in [6.45, 7) is 5.55. The zero-order valence-electron chi connectivity index (χ0n) is 16.1. The number of aryl methyl sites for hydroxylation is 1. The quantitative estimate of drug-likeness (QED) is 0.401. The predicted octanol–water partition coefficient (Wildman–Crippen LogP) is 3.07. The Hall–Kier alpha value is -2.60. The van der Waals surface area contributed by atoms with Gasteiger partial charge >= 0.3 is 11.9 Å². The van der Waals surface area contributed by atoms with E-state index in [1.165, 1.54) is 6.08 Å². The predicted molar refractivity (Wildman–Crippen MR) is 103 cm³/mol. The fraction of sp³-hybridized carbons (Fsp3) is 0.429. The van der Waals surface area contributed by atoms with Crippen LogP contribution in [0.1, 0.15) is 31.4 Å². The van der Waals surface area contributed by atoms with Crippen LogP contribution in [0.15, 0.2) is 36.5 Å². The van der Waals surface area contributed by atoms with Gasteiger partial charge in [0.1, 0.15) is 0 Å². The average molecular weight is 373 g/mol. The monoisotopic (exact) mass is 373 g/mol. The van der Waals surface area contributed by atoms with Gasteiger partial charge in [0.15, 0.2) is 5.41 Å². The van der Waals surface area contributed by atoms with Crippen LogP contribution in [-0.4, -0.2) is 41.8 Å². The Balaban J connectivity index is 2.53. The normalized spacial score (nSPS) is 11.9. The minimum absolute atomic E-state index is 0.0870. The molecule has 0 radical (unpaired) electrons. The van der Waals surface area contributed by atoms with E-state index in [-0.39, 0.29) is 32.7 Å². The lowest BCUT2D eigenvalue weighted by Gasteiger charge is -2.28. The van der Waals surface area contributed by atoms with E-state index >= 15 is 0 Å². The fourth-order valence-corrected chi connectivity index (χ4v) is 3.20. The molecule has 0 spiro atoms. The average Bonchev–Trinajstić information content (AvgIpc) is 3.05. The second kappa shape index (κ2) is 9.37. The number of rotatable bonds is 9. The summed E-state index contributed by atoms with van der Waals surface area (Å²) >= 11 is 0. The molecule has 0 aliphatic rings. The molecule has 2 rings (SSSR count). The zero-order chi connectivity index (χ0) is 19.9. The van der Waals surface area contributed by atoms with Gasteiger partial charge in [0.25, 0.3) is 0 Å². The van der Waals surface area contributed by atoms with Crippen LogP contribution in [-0.2, 0) is 25.5 Å². The van der Waals surface area contributed by atoms with Crippen molar-refractivity contribution >= 4 is 22.8 Å². The Morgan fingerprint density at radius 1 is 1.15 bits per heavy atom. The highest BCUT2D eigenvalue weighted by atomic mass is 16.6. The third-order valence-electron chi connectivity index (χ3n) is 4.57. The number of hydrogen-bond donors (Lipinski definition) is 2. The Morgan fingerprint density at radius 3 is 2.41 bits per heavy atom. The number of aliphatic hydroxyl groups is 1. The maximum atomic E-state index is 12.9. The summed E-state index contributed by atoms with van der Waals surface area (Å²) in [6, 6.07) is 5.90. The first-order valence-corrected chi connectivity index (χ1v) is 9.16. The summed E-state index contributed by atoms with van der Waals surface area (Å²) in [5, 5.41) is 10.0. The maximum absolute atomic E-state index is 12.9. The van der Waals surface area contributed by atoms with Gasteiger partial charge in [-0.05, 0) is 38.3 Å². The number of carbonyl (C=O) groups is 2. The van der Waals surface area contributed by atoms with Crippen LogP contribution in [0.25, 0.3) is 10.9 Å². The molecule has 0 aliphatic carbocycles. The van der Waals surface area contributed by atoms with Crippen LogP contribution in [0.3, 0.4) is 0 Å². The lowest BCUT2D eigenvalue weighted by atomic mass is 9.78. The highest BCUT2D eigenvalue weighted by Crippen LogP contribution is 2.35. The standard InChI is InChI=1S/C21H27NO5/c1-4-26-19(24)21(11-6-7-12-23,20(25)27-5-2)13-16-14-22-18-15(3)9-8-10-17(16)18/h6-10,14,22-23H,4-5,11-13H2,1-3H3/b7-6-. The SMILES string of the molecule is CCOC(=O)C(C/C=C\CO)(Cc1c[nH]c2c(C)cccc12)C(=O)OCC. The first-order chi connectivity index (χ1) is 13.0. The highest BCUT2D eigenvalue weighted by molar-refractivity contribution is 6.01. The van der Waals surface area contributed by atoms with Crippen molar-refractivity contribution in [2.45, 2.75) is 33.6 Å². The number of H-pyrrole nitrogens is 1. The number of esters is 2. The van der Waals surface area contributed by atoms with Gasteiger partial charge in [-0.3, -0.25) is 9.59 Å². The molecular weight excluding hydrogens is 346 g/mol. The Morgan fingerprint density at radius 2 is 1.81 bits per heavy atom. The third kappa shape index (κ3) is 4.39. The molecule has 2 N–H and O–H groups in total. The van der Waals surface area contributed by atoms with E-state index in [1.54, 1.807) is 19.9 Å². The molecule has 0 aliphatic heterocycles. The number of hydrogen-bond acceptors (Lipinski definition) is 5. The van der Waals surface area contributed by atoms with Gasteiger partial charge in [-0.1, -0.05) is 30.4 Å². The molecule has 146 valence electrons. The topological polar surface area (TPSA) is 88.6 Å². The van der Waals surface area contributed by atoms with Crippen molar-refractivity contribution in [2.75, 3.05) is 19.8 Å². The molecule has 1 aromatic carbocycles. The zero-order valence-corrected chi connectivity index (χ0v) is 16.1. The number of carbonyl (C=O) groups excluding carboxylic acids is 2. The minimum Gasteiger partial charge on any atom is -0.465 e. The molecule has 0 atom stereocenters. The number of para-hydroxylation sites is 1. The largest absolute Gasteiger partial charge is 0.465 e. The maximum Gasteiger partial charge on any atom is 0.324 e. The van der Waals surface area contributed by atoms with Crippen molar-refractivity contribution in [3.05, 3.63) is 47.7 Å². The molecule has 6 heteroatoms. The molecule has 0 saturated heterocycles. The van der Waals surface area contributed by atoms with Crippen LogP contribution in [0, 0.1) is 12.3 Å². The molecular formula is C21H27NO5.